The highest BCUT2D eigenvalue weighted by molar-refractivity contribution is 5.85. The topological polar surface area (TPSA) is 46.5 Å². The SMILES string of the molecule is CC(C)[C@@H]1CC[C@@H](C)C[C@H]1OC(=O)[C@@H](O)c1ccc2ccccc2c1. The predicted octanol–water partition coefficient (Wildman–Crippen LogP) is 4.88. The highest BCUT2D eigenvalue weighted by atomic mass is 16.6. The van der Waals surface area contributed by atoms with Gasteiger partial charge in [-0.15, -0.1) is 0 Å². The van der Waals surface area contributed by atoms with E-state index in [1.807, 2.05) is 36.4 Å². The van der Waals surface area contributed by atoms with Crippen LogP contribution in [0, 0.1) is 17.8 Å². The van der Waals surface area contributed by atoms with Gasteiger partial charge in [-0.2, -0.15) is 0 Å². The molecule has 3 nitrogen and oxygen atoms in total. The maximum absolute atomic E-state index is 12.6. The lowest BCUT2D eigenvalue weighted by atomic mass is 9.75. The fourth-order valence-electron chi connectivity index (χ4n) is 3.98. The molecule has 0 bridgehead atoms. The first kappa shape index (κ1) is 17.9. The molecule has 0 amide bonds. The minimum absolute atomic E-state index is 0.0913. The van der Waals surface area contributed by atoms with Gasteiger partial charge in [0.15, 0.2) is 6.10 Å². The van der Waals surface area contributed by atoms with Gasteiger partial charge < -0.3 is 9.84 Å². The molecule has 1 aliphatic rings. The second-order valence-electron chi connectivity index (χ2n) is 7.81. The van der Waals surface area contributed by atoms with Crippen molar-refractivity contribution in [2.75, 3.05) is 0 Å². The van der Waals surface area contributed by atoms with Gasteiger partial charge in [-0.1, -0.05) is 63.6 Å². The second-order valence-corrected chi connectivity index (χ2v) is 7.81. The summed E-state index contributed by atoms with van der Waals surface area (Å²) in [6, 6.07) is 13.5. The number of aliphatic hydroxyl groups is 1. The van der Waals surface area contributed by atoms with Gasteiger partial charge in [0.2, 0.25) is 0 Å². The molecular formula is C22H28O3. The van der Waals surface area contributed by atoms with E-state index < -0.39 is 12.1 Å². The minimum atomic E-state index is -1.23. The van der Waals surface area contributed by atoms with E-state index in [1.54, 1.807) is 6.07 Å². The lowest BCUT2D eigenvalue weighted by Gasteiger charge is -2.37. The molecule has 0 spiro atoms. The molecule has 3 rings (SSSR count). The van der Waals surface area contributed by atoms with Crippen molar-refractivity contribution in [2.24, 2.45) is 17.8 Å². The van der Waals surface area contributed by atoms with Gasteiger partial charge >= 0.3 is 5.97 Å². The van der Waals surface area contributed by atoms with Gasteiger partial charge in [0.05, 0.1) is 0 Å². The summed E-state index contributed by atoms with van der Waals surface area (Å²) in [5.74, 6) is 0.887. The third-order valence-electron chi connectivity index (χ3n) is 5.54. The lowest BCUT2D eigenvalue weighted by molar-refractivity contribution is -0.166. The molecule has 0 saturated heterocycles. The van der Waals surface area contributed by atoms with Gasteiger partial charge in [0.1, 0.15) is 6.10 Å². The molecule has 3 heteroatoms. The molecule has 0 aliphatic heterocycles. The molecule has 2 aromatic rings. The monoisotopic (exact) mass is 340 g/mol. The van der Waals surface area contributed by atoms with Crippen molar-refractivity contribution in [1.29, 1.82) is 0 Å². The molecule has 0 heterocycles. The van der Waals surface area contributed by atoms with E-state index in [-0.39, 0.29) is 6.10 Å². The molecule has 25 heavy (non-hydrogen) atoms. The third kappa shape index (κ3) is 4.04. The van der Waals surface area contributed by atoms with Crippen molar-refractivity contribution in [1.82, 2.24) is 0 Å². The molecule has 134 valence electrons. The molecule has 0 radical (unpaired) electrons. The van der Waals surface area contributed by atoms with E-state index in [1.165, 1.54) is 6.42 Å². The van der Waals surface area contributed by atoms with Crippen molar-refractivity contribution < 1.29 is 14.6 Å². The molecule has 0 aromatic heterocycles. The summed E-state index contributed by atoms with van der Waals surface area (Å²) in [6.45, 7) is 6.57. The maximum atomic E-state index is 12.6. The number of hydrogen-bond acceptors (Lipinski definition) is 3. The molecular weight excluding hydrogens is 312 g/mol. The first-order valence-electron chi connectivity index (χ1n) is 9.33. The maximum Gasteiger partial charge on any atom is 0.339 e. The number of ether oxygens (including phenoxy) is 1. The van der Waals surface area contributed by atoms with E-state index in [0.717, 1.165) is 23.6 Å². The van der Waals surface area contributed by atoms with Crippen molar-refractivity contribution >= 4 is 16.7 Å². The van der Waals surface area contributed by atoms with E-state index in [2.05, 4.69) is 20.8 Å². The Morgan fingerprint density at radius 2 is 1.84 bits per heavy atom. The fraction of sp³-hybridized carbons (Fsp3) is 0.500. The average Bonchev–Trinajstić information content (AvgIpc) is 2.60. The first-order chi connectivity index (χ1) is 12.0. The fourth-order valence-corrected chi connectivity index (χ4v) is 3.98. The Bertz CT molecular complexity index is 737. The van der Waals surface area contributed by atoms with Crippen LogP contribution in [0.5, 0.6) is 0 Å². The van der Waals surface area contributed by atoms with Crippen molar-refractivity contribution in [3.05, 3.63) is 48.0 Å². The van der Waals surface area contributed by atoms with Crippen LogP contribution < -0.4 is 0 Å². The quantitative estimate of drug-likeness (QED) is 0.807. The normalized spacial score (nSPS) is 25.1. The number of benzene rings is 2. The minimum Gasteiger partial charge on any atom is -0.460 e. The number of hydrogen-bond donors (Lipinski definition) is 1. The molecule has 0 unspecified atom stereocenters. The molecule has 4 atom stereocenters. The molecule has 2 aromatic carbocycles. The summed E-state index contributed by atoms with van der Waals surface area (Å²) in [7, 11) is 0. The van der Waals surface area contributed by atoms with Crippen molar-refractivity contribution in [2.45, 2.75) is 52.2 Å². The zero-order valence-electron chi connectivity index (χ0n) is 15.3. The van der Waals surface area contributed by atoms with Crippen molar-refractivity contribution in [3.8, 4) is 0 Å². The first-order valence-corrected chi connectivity index (χ1v) is 9.33. The number of carbonyl (C=O) groups is 1. The smallest absolute Gasteiger partial charge is 0.339 e. The summed E-state index contributed by atoms with van der Waals surface area (Å²) in [4.78, 5) is 12.6. The molecule has 1 saturated carbocycles. The Hall–Kier alpha value is -1.87. The Kier molecular flexibility index (Phi) is 5.43. The number of esters is 1. The molecule has 1 N–H and O–H groups in total. The highest BCUT2D eigenvalue weighted by Gasteiger charge is 2.34. The Morgan fingerprint density at radius 1 is 1.12 bits per heavy atom. The van der Waals surface area contributed by atoms with Crippen LogP contribution in [0.2, 0.25) is 0 Å². The summed E-state index contributed by atoms with van der Waals surface area (Å²) < 4.78 is 5.77. The number of fused-ring (bicyclic) bond motifs is 1. The van der Waals surface area contributed by atoms with E-state index >= 15 is 0 Å². The largest absolute Gasteiger partial charge is 0.460 e. The Morgan fingerprint density at radius 3 is 2.56 bits per heavy atom. The Balaban J connectivity index is 1.74. The standard InChI is InChI=1S/C22H28O3/c1-14(2)19-11-8-15(3)12-20(19)25-22(24)21(23)18-10-9-16-6-4-5-7-17(16)13-18/h4-7,9-10,13-15,19-21,23H,8,11-12H2,1-3H3/t15-,19+,20-,21+/m1/s1. The summed E-state index contributed by atoms with van der Waals surface area (Å²) >= 11 is 0. The zero-order chi connectivity index (χ0) is 18.0. The lowest BCUT2D eigenvalue weighted by Crippen LogP contribution is -2.37. The van der Waals surface area contributed by atoms with E-state index in [9.17, 15) is 9.90 Å². The Labute approximate surface area is 150 Å². The number of carbonyl (C=O) groups excluding carboxylic acids is 1. The van der Waals surface area contributed by atoms with Gasteiger partial charge in [0.25, 0.3) is 0 Å². The third-order valence-corrected chi connectivity index (χ3v) is 5.54. The zero-order valence-corrected chi connectivity index (χ0v) is 15.3. The highest BCUT2D eigenvalue weighted by Crippen LogP contribution is 2.36. The number of aliphatic hydroxyl groups excluding tert-OH is 1. The average molecular weight is 340 g/mol. The molecule has 1 aliphatic carbocycles. The summed E-state index contributed by atoms with van der Waals surface area (Å²) in [5, 5.41) is 12.6. The van der Waals surface area contributed by atoms with Gasteiger partial charge in [-0.25, -0.2) is 4.79 Å². The van der Waals surface area contributed by atoms with Crippen LogP contribution in [-0.4, -0.2) is 17.2 Å². The van der Waals surface area contributed by atoms with E-state index in [0.29, 0.717) is 23.3 Å². The predicted molar refractivity (Wildman–Crippen MR) is 100 cm³/mol. The van der Waals surface area contributed by atoms with Gasteiger partial charge in [0, 0.05) is 0 Å². The van der Waals surface area contributed by atoms with Crippen LogP contribution in [0.1, 0.15) is 51.7 Å². The molecule has 1 fully saturated rings. The van der Waals surface area contributed by atoms with Crippen LogP contribution in [0.3, 0.4) is 0 Å². The summed E-state index contributed by atoms with van der Waals surface area (Å²) in [5.41, 5.74) is 0.591. The van der Waals surface area contributed by atoms with Crippen LogP contribution in [0.15, 0.2) is 42.5 Å². The van der Waals surface area contributed by atoms with Gasteiger partial charge in [-0.05, 0) is 53.0 Å². The number of rotatable bonds is 4. The van der Waals surface area contributed by atoms with Crippen LogP contribution in [0.25, 0.3) is 10.8 Å². The van der Waals surface area contributed by atoms with Crippen LogP contribution >= 0.6 is 0 Å². The van der Waals surface area contributed by atoms with Gasteiger partial charge in [-0.3, -0.25) is 0 Å². The van der Waals surface area contributed by atoms with Crippen molar-refractivity contribution in [3.63, 3.8) is 0 Å². The van der Waals surface area contributed by atoms with E-state index in [4.69, 9.17) is 4.74 Å². The summed E-state index contributed by atoms with van der Waals surface area (Å²) in [6.07, 6.45) is 1.84. The van der Waals surface area contributed by atoms with Crippen LogP contribution in [0.4, 0.5) is 0 Å². The van der Waals surface area contributed by atoms with Crippen LogP contribution in [-0.2, 0) is 9.53 Å². The second kappa shape index (κ2) is 7.57.